The largest absolute Gasteiger partial charge is 0.486 e. The normalized spacial score (nSPS) is 21.7. The number of rotatable bonds is 5. The third-order valence-electron chi connectivity index (χ3n) is 6.60. The van der Waals surface area contributed by atoms with Gasteiger partial charge in [-0.3, -0.25) is 4.79 Å². The number of para-hydroxylation sites is 1. The van der Waals surface area contributed by atoms with Crippen molar-refractivity contribution in [2.45, 2.75) is 30.2 Å². The Morgan fingerprint density at radius 2 is 1.64 bits per heavy atom. The van der Waals surface area contributed by atoms with Crippen LogP contribution in [0, 0.1) is 5.92 Å². The minimum Gasteiger partial charge on any atom is -0.486 e. The molecule has 0 aliphatic carbocycles. The first kappa shape index (κ1) is 22.0. The molecule has 3 aliphatic rings. The molecule has 9 heteroatoms. The summed E-state index contributed by atoms with van der Waals surface area (Å²) >= 11 is 0. The monoisotopic (exact) mass is 471 g/mol. The molecule has 1 N–H and O–H groups in total. The molecular weight excluding hydrogens is 442 g/mol. The molecule has 1 unspecified atom stereocenters. The maximum atomic E-state index is 13.1. The van der Waals surface area contributed by atoms with Gasteiger partial charge in [-0.15, -0.1) is 0 Å². The maximum absolute atomic E-state index is 13.1. The first-order valence-corrected chi connectivity index (χ1v) is 12.9. The first-order valence-electron chi connectivity index (χ1n) is 11.5. The molecule has 1 atom stereocenters. The van der Waals surface area contributed by atoms with Gasteiger partial charge >= 0.3 is 0 Å². The van der Waals surface area contributed by atoms with Gasteiger partial charge in [-0.1, -0.05) is 18.2 Å². The number of hydrogen-bond donors (Lipinski definition) is 1. The predicted octanol–water partition coefficient (Wildman–Crippen LogP) is 2.57. The summed E-state index contributed by atoms with van der Waals surface area (Å²) in [5.74, 6) is 1.03. The van der Waals surface area contributed by atoms with Crippen molar-refractivity contribution in [3.63, 3.8) is 0 Å². The molecule has 0 saturated carbocycles. The van der Waals surface area contributed by atoms with E-state index in [1.54, 1.807) is 12.1 Å². The van der Waals surface area contributed by atoms with E-state index in [9.17, 15) is 13.2 Å². The fourth-order valence-corrected chi connectivity index (χ4v) is 6.27. The summed E-state index contributed by atoms with van der Waals surface area (Å²) in [4.78, 5) is 15.2. The second kappa shape index (κ2) is 9.23. The molecule has 33 heavy (non-hydrogen) atoms. The molecular formula is C24H29N3O5S. The van der Waals surface area contributed by atoms with Crippen molar-refractivity contribution < 1.29 is 22.7 Å². The lowest BCUT2D eigenvalue weighted by molar-refractivity contribution is -0.135. The van der Waals surface area contributed by atoms with E-state index in [2.05, 4.69) is 5.32 Å². The van der Waals surface area contributed by atoms with Gasteiger partial charge in [0.1, 0.15) is 13.2 Å². The van der Waals surface area contributed by atoms with E-state index in [-0.39, 0.29) is 22.8 Å². The van der Waals surface area contributed by atoms with Crippen molar-refractivity contribution in [3.05, 3.63) is 48.5 Å². The van der Waals surface area contributed by atoms with Crippen LogP contribution in [0.3, 0.4) is 0 Å². The molecule has 176 valence electrons. The number of nitrogens with zero attached hydrogens (tertiary/aromatic N) is 2. The molecule has 2 aromatic rings. The Morgan fingerprint density at radius 1 is 0.909 bits per heavy atom. The Bertz CT molecular complexity index is 1100. The molecule has 1 amide bonds. The zero-order valence-electron chi connectivity index (χ0n) is 18.5. The lowest BCUT2D eigenvalue weighted by atomic mass is 9.96. The van der Waals surface area contributed by atoms with Crippen LogP contribution in [0.1, 0.15) is 19.3 Å². The zero-order valence-corrected chi connectivity index (χ0v) is 19.3. The number of hydrogen-bond acceptors (Lipinski definition) is 6. The molecule has 0 bridgehead atoms. The molecule has 0 radical (unpaired) electrons. The minimum absolute atomic E-state index is 0.132. The Kier molecular flexibility index (Phi) is 6.16. The van der Waals surface area contributed by atoms with Crippen LogP contribution in [0.5, 0.6) is 11.5 Å². The number of amides is 1. The van der Waals surface area contributed by atoms with Crippen LogP contribution < -0.4 is 14.8 Å². The van der Waals surface area contributed by atoms with Crippen LogP contribution in [-0.4, -0.2) is 69.0 Å². The molecule has 5 rings (SSSR count). The number of fused-ring (bicyclic) bond motifs is 1. The van der Waals surface area contributed by atoms with Gasteiger partial charge in [-0.25, -0.2) is 8.42 Å². The van der Waals surface area contributed by atoms with E-state index in [0.29, 0.717) is 57.2 Å². The highest BCUT2D eigenvalue weighted by atomic mass is 32.2. The van der Waals surface area contributed by atoms with Crippen LogP contribution in [0.15, 0.2) is 53.4 Å². The van der Waals surface area contributed by atoms with Gasteiger partial charge in [0, 0.05) is 49.9 Å². The summed E-state index contributed by atoms with van der Waals surface area (Å²) < 4.78 is 38.8. The third-order valence-corrected chi connectivity index (χ3v) is 8.49. The summed E-state index contributed by atoms with van der Waals surface area (Å²) in [5.41, 5.74) is 1.06. The van der Waals surface area contributed by atoms with Crippen molar-refractivity contribution in [2.24, 2.45) is 5.92 Å². The molecule has 2 saturated heterocycles. The summed E-state index contributed by atoms with van der Waals surface area (Å²) in [5, 5.41) is 3.49. The van der Waals surface area contributed by atoms with Gasteiger partial charge in [0.25, 0.3) is 0 Å². The van der Waals surface area contributed by atoms with Gasteiger partial charge in [0.2, 0.25) is 15.9 Å². The van der Waals surface area contributed by atoms with E-state index in [4.69, 9.17) is 9.47 Å². The number of benzene rings is 2. The SMILES string of the molecule is O=C(C1CCN(S(=O)(=O)c2ccc3c(c2)OCCO3)CC1)N1CCC(Nc2ccccc2)C1. The van der Waals surface area contributed by atoms with Crippen LogP contribution in [0.25, 0.3) is 0 Å². The average Bonchev–Trinajstić information content (AvgIpc) is 3.32. The van der Waals surface area contributed by atoms with E-state index in [0.717, 1.165) is 18.7 Å². The quantitative estimate of drug-likeness (QED) is 0.721. The number of anilines is 1. The highest BCUT2D eigenvalue weighted by molar-refractivity contribution is 7.89. The standard InChI is InChI=1S/C24H29N3O5S/c28-24(26-11-10-20(17-26)25-19-4-2-1-3-5-19)18-8-12-27(13-9-18)33(29,30)21-6-7-22-23(16-21)32-15-14-31-22/h1-7,16,18,20,25H,8-15,17H2. The number of carbonyl (C=O) groups is 1. The van der Waals surface area contributed by atoms with Gasteiger partial charge in [0.15, 0.2) is 11.5 Å². The van der Waals surface area contributed by atoms with Crippen LogP contribution in [0.2, 0.25) is 0 Å². The zero-order chi connectivity index (χ0) is 22.8. The number of sulfonamides is 1. The van der Waals surface area contributed by atoms with Gasteiger partial charge in [-0.05, 0) is 43.5 Å². The van der Waals surface area contributed by atoms with Crippen molar-refractivity contribution in [3.8, 4) is 11.5 Å². The van der Waals surface area contributed by atoms with E-state index < -0.39 is 10.0 Å². The van der Waals surface area contributed by atoms with Crippen molar-refractivity contribution in [2.75, 3.05) is 44.7 Å². The van der Waals surface area contributed by atoms with E-state index >= 15 is 0 Å². The lowest BCUT2D eigenvalue weighted by Crippen LogP contribution is -2.44. The average molecular weight is 472 g/mol. The van der Waals surface area contributed by atoms with Gasteiger partial charge in [0.05, 0.1) is 4.90 Å². The summed E-state index contributed by atoms with van der Waals surface area (Å²) in [7, 11) is -3.64. The molecule has 8 nitrogen and oxygen atoms in total. The molecule has 2 aromatic carbocycles. The first-order chi connectivity index (χ1) is 16.0. The Balaban J connectivity index is 1.16. The minimum atomic E-state index is -3.64. The predicted molar refractivity (Wildman–Crippen MR) is 124 cm³/mol. The Hall–Kier alpha value is -2.78. The number of likely N-dealkylation sites (tertiary alicyclic amines) is 1. The van der Waals surface area contributed by atoms with E-state index in [1.165, 1.54) is 10.4 Å². The van der Waals surface area contributed by atoms with Crippen molar-refractivity contribution >= 4 is 21.6 Å². The lowest BCUT2D eigenvalue weighted by Gasteiger charge is -2.32. The van der Waals surface area contributed by atoms with Gasteiger partial charge in [-0.2, -0.15) is 4.31 Å². The van der Waals surface area contributed by atoms with Crippen molar-refractivity contribution in [1.29, 1.82) is 0 Å². The number of piperidine rings is 1. The molecule has 3 aliphatic heterocycles. The highest BCUT2D eigenvalue weighted by Crippen LogP contribution is 2.34. The number of nitrogens with one attached hydrogen (secondary N) is 1. The molecule has 0 aromatic heterocycles. The summed E-state index contributed by atoms with van der Waals surface area (Å²) in [6.07, 6.45) is 1.99. The van der Waals surface area contributed by atoms with Crippen molar-refractivity contribution in [1.82, 2.24) is 9.21 Å². The second-order valence-electron chi connectivity index (χ2n) is 8.76. The van der Waals surface area contributed by atoms with Gasteiger partial charge < -0.3 is 19.7 Å². The fraction of sp³-hybridized carbons (Fsp3) is 0.458. The summed E-state index contributed by atoms with van der Waals surface area (Å²) in [6.45, 7) is 2.96. The van der Waals surface area contributed by atoms with Crippen LogP contribution >= 0.6 is 0 Å². The summed E-state index contributed by atoms with van der Waals surface area (Å²) in [6, 6.07) is 15.0. The number of carbonyl (C=O) groups excluding carboxylic acids is 1. The molecule has 2 fully saturated rings. The van der Waals surface area contributed by atoms with E-state index in [1.807, 2.05) is 35.2 Å². The topological polar surface area (TPSA) is 88.2 Å². The molecule has 3 heterocycles. The third kappa shape index (κ3) is 4.65. The van der Waals surface area contributed by atoms with Crippen LogP contribution in [-0.2, 0) is 14.8 Å². The Labute approximate surface area is 194 Å². The fourth-order valence-electron chi connectivity index (χ4n) is 4.78. The Morgan fingerprint density at radius 3 is 2.39 bits per heavy atom. The number of ether oxygens (including phenoxy) is 2. The van der Waals surface area contributed by atoms with Crippen LogP contribution in [0.4, 0.5) is 5.69 Å². The maximum Gasteiger partial charge on any atom is 0.243 e. The second-order valence-corrected chi connectivity index (χ2v) is 10.7. The molecule has 0 spiro atoms. The highest BCUT2D eigenvalue weighted by Gasteiger charge is 2.36. The smallest absolute Gasteiger partial charge is 0.243 e.